The fourth-order valence-electron chi connectivity index (χ4n) is 2.43. The van der Waals surface area contributed by atoms with Gasteiger partial charge in [-0.25, -0.2) is 4.98 Å². The van der Waals surface area contributed by atoms with Gasteiger partial charge in [-0.2, -0.15) is 0 Å². The summed E-state index contributed by atoms with van der Waals surface area (Å²) in [6.45, 7) is 2.07. The topological polar surface area (TPSA) is 77.2 Å². The molecule has 1 aliphatic rings. The van der Waals surface area contributed by atoms with Gasteiger partial charge in [0.25, 0.3) is 0 Å². The molecule has 1 fully saturated rings. The predicted molar refractivity (Wildman–Crippen MR) is 82.2 cm³/mol. The van der Waals surface area contributed by atoms with Gasteiger partial charge in [0.15, 0.2) is 0 Å². The number of esters is 1. The fourth-order valence-corrected chi connectivity index (χ4v) is 2.94. The van der Waals surface area contributed by atoms with E-state index >= 15 is 0 Å². The van der Waals surface area contributed by atoms with Crippen LogP contribution in [0.5, 0.6) is 0 Å². The van der Waals surface area contributed by atoms with E-state index in [1.807, 2.05) is 0 Å². The monoisotopic (exact) mass is 331 g/mol. The number of carbonyl (C=O) groups excluding carboxylic acids is 1. The standard InChI is InChI=1S/C14H19Cl2N3O2/c15-12-6-10(7-13(16)19-12)8-21-14(20)11(17)5-9-1-3-18-4-2-9/h6-7,9,11,18H,1-5,8,17H2/t11-/m0/s1. The minimum absolute atomic E-state index is 0.0979. The highest BCUT2D eigenvalue weighted by Gasteiger charge is 2.22. The van der Waals surface area contributed by atoms with Gasteiger partial charge in [-0.15, -0.1) is 0 Å². The number of halogens is 2. The lowest BCUT2D eigenvalue weighted by atomic mass is 9.91. The number of piperidine rings is 1. The third kappa shape index (κ3) is 5.43. The molecule has 0 unspecified atom stereocenters. The average Bonchev–Trinajstić information content (AvgIpc) is 2.44. The summed E-state index contributed by atoms with van der Waals surface area (Å²) >= 11 is 11.6. The number of nitrogens with one attached hydrogen (secondary N) is 1. The third-order valence-electron chi connectivity index (χ3n) is 3.55. The summed E-state index contributed by atoms with van der Waals surface area (Å²) in [4.78, 5) is 15.7. The molecular formula is C14H19Cl2N3O2. The van der Waals surface area contributed by atoms with Gasteiger partial charge in [0.05, 0.1) is 0 Å². The highest BCUT2D eigenvalue weighted by atomic mass is 35.5. The Kier molecular flexibility index (Phi) is 6.23. The Morgan fingerprint density at radius 3 is 2.62 bits per heavy atom. The maximum Gasteiger partial charge on any atom is 0.323 e. The van der Waals surface area contributed by atoms with Crippen LogP contribution in [0.25, 0.3) is 0 Å². The van der Waals surface area contributed by atoms with Crippen molar-refractivity contribution in [2.75, 3.05) is 13.1 Å². The lowest BCUT2D eigenvalue weighted by Crippen LogP contribution is -2.37. The molecule has 1 saturated heterocycles. The smallest absolute Gasteiger partial charge is 0.323 e. The number of pyridine rings is 1. The van der Waals surface area contributed by atoms with Crippen molar-refractivity contribution in [3.05, 3.63) is 28.0 Å². The minimum Gasteiger partial charge on any atom is -0.460 e. The molecule has 3 N–H and O–H groups in total. The van der Waals surface area contributed by atoms with Crippen molar-refractivity contribution >= 4 is 29.2 Å². The Balaban J connectivity index is 1.80. The first-order valence-corrected chi connectivity index (χ1v) is 7.75. The summed E-state index contributed by atoms with van der Waals surface area (Å²) in [5.74, 6) is 0.0937. The molecule has 0 radical (unpaired) electrons. The lowest BCUT2D eigenvalue weighted by Gasteiger charge is -2.24. The number of nitrogens with zero attached hydrogens (tertiary/aromatic N) is 1. The van der Waals surface area contributed by atoms with Crippen LogP contribution in [0.15, 0.2) is 12.1 Å². The summed E-state index contributed by atoms with van der Waals surface area (Å²) in [7, 11) is 0. The molecule has 1 atom stereocenters. The van der Waals surface area contributed by atoms with Gasteiger partial charge < -0.3 is 15.8 Å². The van der Waals surface area contributed by atoms with Crippen molar-refractivity contribution < 1.29 is 9.53 Å². The second kappa shape index (κ2) is 7.94. The first-order chi connectivity index (χ1) is 10.0. The number of nitrogens with two attached hydrogens (primary N) is 1. The van der Waals surface area contributed by atoms with Gasteiger partial charge in [-0.05, 0) is 56.0 Å². The van der Waals surface area contributed by atoms with Gasteiger partial charge in [0, 0.05) is 0 Å². The van der Waals surface area contributed by atoms with Crippen LogP contribution in [-0.4, -0.2) is 30.1 Å². The quantitative estimate of drug-likeness (QED) is 0.638. The molecule has 21 heavy (non-hydrogen) atoms. The maximum atomic E-state index is 11.9. The highest BCUT2D eigenvalue weighted by Crippen LogP contribution is 2.19. The molecule has 0 aliphatic carbocycles. The first-order valence-electron chi connectivity index (χ1n) is 6.99. The van der Waals surface area contributed by atoms with Crippen LogP contribution in [0.3, 0.4) is 0 Å². The van der Waals surface area contributed by atoms with E-state index in [1.54, 1.807) is 12.1 Å². The van der Waals surface area contributed by atoms with Crippen LogP contribution < -0.4 is 11.1 Å². The van der Waals surface area contributed by atoms with E-state index in [0.717, 1.165) is 25.9 Å². The number of ether oxygens (including phenoxy) is 1. The van der Waals surface area contributed by atoms with Crippen molar-refractivity contribution in [3.63, 3.8) is 0 Å². The summed E-state index contributed by atoms with van der Waals surface area (Å²) in [5.41, 5.74) is 6.61. The van der Waals surface area contributed by atoms with Crippen LogP contribution in [0.2, 0.25) is 10.3 Å². The van der Waals surface area contributed by atoms with Gasteiger partial charge in [-0.3, -0.25) is 4.79 Å². The van der Waals surface area contributed by atoms with Crippen LogP contribution in [0.1, 0.15) is 24.8 Å². The maximum absolute atomic E-state index is 11.9. The second-order valence-corrected chi connectivity index (χ2v) is 6.04. The molecular weight excluding hydrogens is 313 g/mol. The Morgan fingerprint density at radius 1 is 1.38 bits per heavy atom. The number of hydrogen-bond acceptors (Lipinski definition) is 5. The zero-order chi connectivity index (χ0) is 15.2. The number of rotatable bonds is 5. The zero-order valence-corrected chi connectivity index (χ0v) is 13.2. The molecule has 116 valence electrons. The van der Waals surface area contributed by atoms with E-state index in [1.165, 1.54) is 0 Å². The largest absolute Gasteiger partial charge is 0.460 e. The molecule has 0 amide bonds. The summed E-state index contributed by atoms with van der Waals surface area (Å²) in [6, 6.07) is 2.64. The Labute approximate surface area is 134 Å². The van der Waals surface area contributed by atoms with E-state index in [0.29, 0.717) is 17.9 Å². The molecule has 1 aliphatic heterocycles. The number of aromatic nitrogens is 1. The van der Waals surface area contributed by atoms with Crippen LogP contribution in [-0.2, 0) is 16.1 Å². The molecule has 2 rings (SSSR count). The van der Waals surface area contributed by atoms with E-state index in [-0.39, 0.29) is 16.9 Å². The van der Waals surface area contributed by atoms with E-state index in [4.69, 9.17) is 33.7 Å². The Hall–Kier alpha value is -0.880. The summed E-state index contributed by atoms with van der Waals surface area (Å²) in [5, 5.41) is 3.83. The van der Waals surface area contributed by atoms with E-state index in [9.17, 15) is 4.79 Å². The van der Waals surface area contributed by atoms with Crippen LogP contribution >= 0.6 is 23.2 Å². The van der Waals surface area contributed by atoms with E-state index in [2.05, 4.69) is 10.3 Å². The van der Waals surface area contributed by atoms with Crippen molar-refractivity contribution in [3.8, 4) is 0 Å². The second-order valence-electron chi connectivity index (χ2n) is 5.26. The molecule has 5 nitrogen and oxygen atoms in total. The van der Waals surface area contributed by atoms with E-state index < -0.39 is 12.0 Å². The zero-order valence-electron chi connectivity index (χ0n) is 11.6. The molecule has 1 aromatic heterocycles. The minimum atomic E-state index is -0.583. The molecule has 0 spiro atoms. The normalized spacial score (nSPS) is 17.5. The van der Waals surface area contributed by atoms with Crippen LogP contribution in [0.4, 0.5) is 0 Å². The molecule has 0 aromatic carbocycles. The van der Waals surface area contributed by atoms with Crippen molar-refractivity contribution in [1.82, 2.24) is 10.3 Å². The molecule has 2 heterocycles. The molecule has 1 aromatic rings. The van der Waals surface area contributed by atoms with Crippen molar-refractivity contribution in [2.24, 2.45) is 11.7 Å². The molecule has 7 heteroatoms. The first kappa shape index (κ1) is 16.5. The van der Waals surface area contributed by atoms with Gasteiger partial charge in [-0.1, -0.05) is 23.2 Å². The highest BCUT2D eigenvalue weighted by molar-refractivity contribution is 6.32. The van der Waals surface area contributed by atoms with Gasteiger partial charge in [0.1, 0.15) is 23.0 Å². The fraction of sp³-hybridized carbons (Fsp3) is 0.571. The summed E-state index contributed by atoms with van der Waals surface area (Å²) in [6.07, 6.45) is 2.77. The predicted octanol–water partition coefficient (Wildman–Crippen LogP) is 2.15. The van der Waals surface area contributed by atoms with Gasteiger partial charge in [0.2, 0.25) is 0 Å². The SMILES string of the molecule is N[C@@H](CC1CCNCC1)C(=O)OCc1cc(Cl)nc(Cl)c1. The van der Waals surface area contributed by atoms with Crippen molar-refractivity contribution in [1.29, 1.82) is 0 Å². The summed E-state index contributed by atoms with van der Waals surface area (Å²) < 4.78 is 5.22. The Morgan fingerprint density at radius 2 is 2.00 bits per heavy atom. The lowest BCUT2D eigenvalue weighted by molar-refractivity contribution is -0.147. The number of carbonyl (C=O) groups is 1. The Bertz CT molecular complexity index is 473. The van der Waals surface area contributed by atoms with Gasteiger partial charge >= 0.3 is 5.97 Å². The molecule has 0 bridgehead atoms. The average molecular weight is 332 g/mol. The van der Waals surface area contributed by atoms with Crippen molar-refractivity contribution in [2.45, 2.75) is 31.9 Å². The molecule has 0 saturated carbocycles. The number of hydrogen-bond donors (Lipinski definition) is 2. The third-order valence-corrected chi connectivity index (χ3v) is 3.94. The van der Waals surface area contributed by atoms with Crippen LogP contribution in [0, 0.1) is 5.92 Å².